The van der Waals surface area contributed by atoms with Gasteiger partial charge in [0.1, 0.15) is 0 Å². The van der Waals surface area contributed by atoms with Crippen molar-refractivity contribution >= 4 is 11.6 Å². The Morgan fingerprint density at radius 1 is 1.22 bits per heavy atom. The van der Waals surface area contributed by atoms with Gasteiger partial charge < -0.3 is 4.74 Å². The van der Waals surface area contributed by atoms with E-state index < -0.39 is 0 Å². The van der Waals surface area contributed by atoms with Crippen LogP contribution in [-0.2, 0) is 4.74 Å². The second kappa shape index (κ2) is 7.16. The quantitative estimate of drug-likeness (QED) is 0.641. The van der Waals surface area contributed by atoms with Gasteiger partial charge in [0.15, 0.2) is 0 Å². The molecule has 0 aliphatic carbocycles. The maximum absolute atomic E-state index is 5.90. The molecule has 0 bridgehead atoms. The first kappa shape index (κ1) is 15.5. The van der Waals surface area contributed by atoms with Crippen molar-refractivity contribution < 1.29 is 4.74 Å². The monoisotopic (exact) mass is 268 g/mol. The number of hydrogen-bond donors (Lipinski definition) is 0. The van der Waals surface area contributed by atoms with Crippen LogP contribution in [-0.4, -0.2) is 12.2 Å². The normalized spacial score (nSPS) is 13.6. The van der Waals surface area contributed by atoms with Crippen molar-refractivity contribution in [3.05, 3.63) is 34.9 Å². The van der Waals surface area contributed by atoms with Crippen molar-refractivity contribution in [2.24, 2.45) is 0 Å². The van der Waals surface area contributed by atoms with E-state index in [0.29, 0.717) is 5.92 Å². The first-order valence-corrected chi connectivity index (χ1v) is 7.22. The van der Waals surface area contributed by atoms with Gasteiger partial charge in [-0.15, -0.1) is 0 Å². The SMILES string of the molecule is CCOC(C)(C)CCCC(C)c1ccc(Cl)cc1. The van der Waals surface area contributed by atoms with Crippen LogP contribution < -0.4 is 0 Å². The smallest absolute Gasteiger partial charge is 0.0626 e. The molecular formula is C16H25ClO. The first-order chi connectivity index (χ1) is 8.44. The van der Waals surface area contributed by atoms with Crippen LogP contribution in [0.3, 0.4) is 0 Å². The number of benzene rings is 1. The summed E-state index contributed by atoms with van der Waals surface area (Å²) in [6.07, 6.45) is 3.49. The minimum absolute atomic E-state index is 0.00840. The lowest BCUT2D eigenvalue weighted by atomic mass is 9.92. The maximum atomic E-state index is 5.90. The Kier molecular flexibility index (Phi) is 6.17. The van der Waals surface area contributed by atoms with Gasteiger partial charge in [-0.2, -0.15) is 0 Å². The lowest BCUT2D eigenvalue weighted by Crippen LogP contribution is -2.24. The molecule has 0 amide bonds. The van der Waals surface area contributed by atoms with E-state index in [2.05, 4.69) is 39.8 Å². The number of ether oxygens (including phenoxy) is 1. The van der Waals surface area contributed by atoms with Crippen molar-refractivity contribution in [3.63, 3.8) is 0 Å². The highest BCUT2D eigenvalue weighted by atomic mass is 35.5. The molecule has 0 saturated heterocycles. The molecular weight excluding hydrogens is 244 g/mol. The highest BCUT2D eigenvalue weighted by Gasteiger charge is 2.17. The third-order valence-electron chi connectivity index (χ3n) is 3.39. The predicted molar refractivity (Wildman–Crippen MR) is 79.4 cm³/mol. The average molecular weight is 269 g/mol. The highest BCUT2D eigenvalue weighted by molar-refractivity contribution is 6.30. The van der Waals surface area contributed by atoms with E-state index in [1.54, 1.807) is 0 Å². The van der Waals surface area contributed by atoms with Gasteiger partial charge in [0.25, 0.3) is 0 Å². The minimum atomic E-state index is 0.00840. The van der Waals surface area contributed by atoms with E-state index in [1.165, 1.54) is 18.4 Å². The molecule has 1 aromatic rings. The van der Waals surface area contributed by atoms with Gasteiger partial charge in [-0.25, -0.2) is 0 Å². The van der Waals surface area contributed by atoms with E-state index in [0.717, 1.165) is 18.1 Å². The standard InChI is InChI=1S/C16H25ClO/c1-5-18-16(3,4)12-6-7-13(2)14-8-10-15(17)11-9-14/h8-11,13H,5-7,12H2,1-4H3. The molecule has 0 heterocycles. The largest absolute Gasteiger partial charge is 0.376 e. The topological polar surface area (TPSA) is 9.23 Å². The van der Waals surface area contributed by atoms with Gasteiger partial charge in [-0.05, 0) is 57.2 Å². The van der Waals surface area contributed by atoms with Crippen molar-refractivity contribution in [1.82, 2.24) is 0 Å². The molecule has 102 valence electrons. The maximum Gasteiger partial charge on any atom is 0.0626 e. The molecule has 2 heteroatoms. The van der Waals surface area contributed by atoms with Crippen molar-refractivity contribution in [2.75, 3.05) is 6.61 Å². The summed E-state index contributed by atoms with van der Waals surface area (Å²) in [5, 5.41) is 0.809. The van der Waals surface area contributed by atoms with E-state index in [-0.39, 0.29) is 5.60 Å². The fourth-order valence-electron chi connectivity index (χ4n) is 2.25. The summed E-state index contributed by atoms with van der Waals surface area (Å²) >= 11 is 5.90. The molecule has 0 fully saturated rings. The molecule has 1 unspecified atom stereocenters. The first-order valence-electron chi connectivity index (χ1n) is 6.84. The van der Waals surface area contributed by atoms with Crippen LogP contribution in [0.1, 0.15) is 58.4 Å². The lowest BCUT2D eigenvalue weighted by Gasteiger charge is -2.25. The Balaban J connectivity index is 2.37. The highest BCUT2D eigenvalue weighted by Crippen LogP contribution is 2.26. The number of halogens is 1. The number of hydrogen-bond acceptors (Lipinski definition) is 1. The fourth-order valence-corrected chi connectivity index (χ4v) is 2.38. The Morgan fingerprint density at radius 2 is 1.83 bits per heavy atom. The van der Waals surface area contributed by atoms with Crippen molar-refractivity contribution in [1.29, 1.82) is 0 Å². The molecule has 0 radical (unpaired) electrons. The van der Waals surface area contributed by atoms with Gasteiger partial charge in [0.05, 0.1) is 5.60 Å². The van der Waals surface area contributed by atoms with Crippen LogP contribution in [0.25, 0.3) is 0 Å². The molecule has 1 rings (SSSR count). The van der Waals surface area contributed by atoms with E-state index in [4.69, 9.17) is 16.3 Å². The zero-order valence-electron chi connectivity index (χ0n) is 12.0. The molecule has 0 aliphatic rings. The van der Waals surface area contributed by atoms with E-state index in [9.17, 15) is 0 Å². The molecule has 0 spiro atoms. The number of rotatable bonds is 7. The molecule has 0 aromatic heterocycles. The van der Waals surface area contributed by atoms with Crippen molar-refractivity contribution in [3.8, 4) is 0 Å². The zero-order chi connectivity index (χ0) is 13.6. The molecule has 18 heavy (non-hydrogen) atoms. The Labute approximate surface area is 116 Å². The Bertz CT molecular complexity index is 343. The van der Waals surface area contributed by atoms with Gasteiger partial charge in [-0.3, -0.25) is 0 Å². The molecule has 1 atom stereocenters. The third-order valence-corrected chi connectivity index (χ3v) is 3.64. The summed E-state index contributed by atoms with van der Waals surface area (Å²) in [7, 11) is 0. The molecule has 0 saturated carbocycles. The van der Waals surface area contributed by atoms with Crippen molar-refractivity contribution in [2.45, 2.75) is 58.5 Å². The molecule has 0 N–H and O–H groups in total. The summed E-state index contributed by atoms with van der Waals surface area (Å²) in [6, 6.07) is 8.19. The van der Waals surface area contributed by atoms with Gasteiger partial charge in [0, 0.05) is 11.6 Å². The third kappa shape index (κ3) is 5.41. The van der Waals surface area contributed by atoms with Gasteiger partial charge in [-0.1, -0.05) is 37.1 Å². The summed E-state index contributed by atoms with van der Waals surface area (Å²) in [5.41, 5.74) is 1.38. The molecule has 1 aromatic carbocycles. The van der Waals surface area contributed by atoms with Crippen LogP contribution >= 0.6 is 11.6 Å². The van der Waals surface area contributed by atoms with Crippen LogP contribution in [0.15, 0.2) is 24.3 Å². The van der Waals surface area contributed by atoms with Crippen LogP contribution in [0.5, 0.6) is 0 Å². The van der Waals surface area contributed by atoms with E-state index in [1.807, 2.05) is 12.1 Å². The fraction of sp³-hybridized carbons (Fsp3) is 0.625. The second-order valence-corrected chi connectivity index (χ2v) is 5.97. The van der Waals surface area contributed by atoms with E-state index >= 15 is 0 Å². The van der Waals surface area contributed by atoms with Gasteiger partial charge >= 0.3 is 0 Å². The van der Waals surface area contributed by atoms with Crippen LogP contribution in [0, 0.1) is 0 Å². The lowest BCUT2D eigenvalue weighted by molar-refractivity contribution is -0.0179. The second-order valence-electron chi connectivity index (χ2n) is 5.54. The van der Waals surface area contributed by atoms with Crippen LogP contribution in [0.4, 0.5) is 0 Å². The summed E-state index contributed by atoms with van der Waals surface area (Å²) in [6.45, 7) is 9.46. The minimum Gasteiger partial charge on any atom is -0.376 e. The average Bonchev–Trinajstić information content (AvgIpc) is 2.29. The molecule has 0 aliphatic heterocycles. The molecule has 1 nitrogen and oxygen atoms in total. The Morgan fingerprint density at radius 3 is 2.39 bits per heavy atom. The summed E-state index contributed by atoms with van der Waals surface area (Å²) < 4.78 is 5.72. The summed E-state index contributed by atoms with van der Waals surface area (Å²) in [5.74, 6) is 0.583. The van der Waals surface area contributed by atoms with Gasteiger partial charge in [0.2, 0.25) is 0 Å². The predicted octanol–water partition coefficient (Wildman–Crippen LogP) is 5.43. The van der Waals surface area contributed by atoms with Crippen LogP contribution in [0.2, 0.25) is 5.02 Å². The zero-order valence-corrected chi connectivity index (χ0v) is 12.8. The Hall–Kier alpha value is -0.530. The summed E-state index contributed by atoms with van der Waals surface area (Å²) in [4.78, 5) is 0.